The predicted octanol–water partition coefficient (Wildman–Crippen LogP) is 3.80. The number of rotatable bonds is 5. The lowest BCUT2D eigenvalue weighted by Gasteiger charge is -2.33. The highest BCUT2D eigenvalue weighted by molar-refractivity contribution is 5.76. The van der Waals surface area contributed by atoms with Gasteiger partial charge in [-0.2, -0.15) is 0 Å². The van der Waals surface area contributed by atoms with Crippen LogP contribution in [0.3, 0.4) is 0 Å². The Morgan fingerprint density at radius 3 is 2.57 bits per heavy atom. The van der Waals surface area contributed by atoms with Crippen LogP contribution in [-0.4, -0.2) is 33.6 Å². The minimum absolute atomic E-state index is 0.224. The third kappa shape index (κ3) is 4.79. The van der Waals surface area contributed by atoms with Crippen molar-refractivity contribution >= 4 is 5.91 Å². The molecule has 0 radical (unpaired) electrons. The molecule has 23 heavy (non-hydrogen) atoms. The number of hydrogen-bond donors (Lipinski definition) is 0. The minimum Gasteiger partial charge on any atom is -0.425 e. The van der Waals surface area contributed by atoms with Gasteiger partial charge in [0.25, 0.3) is 0 Å². The van der Waals surface area contributed by atoms with Crippen LogP contribution in [0, 0.1) is 11.8 Å². The van der Waals surface area contributed by atoms with Crippen LogP contribution in [-0.2, 0) is 11.2 Å². The zero-order chi connectivity index (χ0) is 17.0. The summed E-state index contributed by atoms with van der Waals surface area (Å²) >= 11 is 0. The molecule has 1 saturated heterocycles. The van der Waals surface area contributed by atoms with Gasteiger partial charge >= 0.3 is 0 Å². The van der Waals surface area contributed by atoms with Crippen molar-refractivity contribution < 1.29 is 9.21 Å². The lowest BCUT2D eigenvalue weighted by Crippen LogP contribution is -2.43. The van der Waals surface area contributed by atoms with E-state index in [0.717, 1.165) is 19.4 Å². The van der Waals surface area contributed by atoms with E-state index < -0.39 is 0 Å². The van der Waals surface area contributed by atoms with Crippen molar-refractivity contribution in [2.75, 3.05) is 6.54 Å². The van der Waals surface area contributed by atoms with E-state index in [4.69, 9.17) is 4.42 Å². The van der Waals surface area contributed by atoms with Crippen molar-refractivity contribution in [3.8, 4) is 0 Å². The summed E-state index contributed by atoms with van der Waals surface area (Å²) in [5, 5.41) is 8.08. The maximum atomic E-state index is 12.7. The maximum absolute atomic E-state index is 12.7. The third-order valence-corrected chi connectivity index (χ3v) is 4.84. The van der Waals surface area contributed by atoms with E-state index in [1.54, 1.807) is 0 Å². The Kier molecular flexibility index (Phi) is 6.19. The number of aryl methyl sites for hydroxylation is 1. The first-order valence-corrected chi connectivity index (χ1v) is 9.00. The van der Waals surface area contributed by atoms with Crippen LogP contribution < -0.4 is 0 Å². The van der Waals surface area contributed by atoms with Gasteiger partial charge in [0.05, 0.1) is 0 Å². The Balaban J connectivity index is 1.96. The van der Waals surface area contributed by atoms with E-state index in [1.807, 2.05) is 13.8 Å². The highest BCUT2D eigenvalue weighted by atomic mass is 16.4. The molecular formula is C18H31N3O2. The lowest BCUT2D eigenvalue weighted by atomic mass is 9.95. The highest BCUT2D eigenvalue weighted by Crippen LogP contribution is 2.26. The van der Waals surface area contributed by atoms with Crippen molar-refractivity contribution in [3.63, 3.8) is 0 Å². The van der Waals surface area contributed by atoms with Crippen LogP contribution in [0.4, 0.5) is 0 Å². The summed E-state index contributed by atoms with van der Waals surface area (Å²) in [4.78, 5) is 14.8. The molecule has 5 nitrogen and oxygen atoms in total. The molecule has 0 N–H and O–H groups in total. The molecule has 1 aliphatic rings. The molecule has 1 amide bonds. The molecule has 1 aliphatic heterocycles. The maximum Gasteiger partial charge on any atom is 0.223 e. The molecule has 0 bridgehead atoms. The van der Waals surface area contributed by atoms with E-state index in [9.17, 15) is 4.79 Å². The first-order valence-electron chi connectivity index (χ1n) is 9.00. The number of likely N-dealkylation sites (tertiary alicyclic amines) is 1. The summed E-state index contributed by atoms with van der Waals surface area (Å²) in [6.45, 7) is 11.6. The van der Waals surface area contributed by atoms with Gasteiger partial charge in [0.15, 0.2) is 0 Å². The second-order valence-corrected chi connectivity index (χ2v) is 7.56. The molecule has 0 aromatic carbocycles. The second kappa shape index (κ2) is 7.93. The van der Waals surface area contributed by atoms with E-state index in [-0.39, 0.29) is 11.8 Å². The Hall–Kier alpha value is -1.39. The van der Waals surface area contributed by atoms with Gasteiger partial charge in [0, 0.05) is 31.3 Å². The van der Waals surface area contributed by atoms with Crippen molar-refractivity contribution in [2.45, 2.75) is 78.7 Å². The highest BCUT2D eigenvalue weighted by Gasteiger charge is 2.29. The SMILES string of the molecule is CC(C)c1nnc(CCC(=O)N2CC[C@H](C)CC[C@H]2C(C)C)o1. The summed E-state index contributed by atoms with van der Waals surface area (Å²) in [7, 11) is 0. The van der Waals surface area contributed by atoms with Crippen LogP contribution in [0.15, 0.2) is 4.42 Å². The summed E-state index contributed by atoms with van der Waals surface area (Å²) in [6, 6.07) is 0.362. The molecule has 1 aromatic rings. The summed E-state index contributed by atoms with van der Waals surface area (Å²) in [6.07, 6.45) is 4.43. The monoisotopic (exact) mass is 321 g/mol. The summed E-state index contributed by atoms with van der Waals surface area (Å²) < 4.78 is 5.61. The first-order chi connectivity index (χ1) is 10.9. The Morgan fingerprint density at radius 1 is 1.22 bits per heavy atom. The number of carbonyl (C=O) groups is 1. The smallest absolute Gasteiger partial charge is 0.223 e. The third-order valence-electron chi connectivity index (χ3n) is 4.84. The number of amides is 1. The van der Waals surface area contributed by atoms with Crippen molar-refractivity contribution in [3.05, 3.63) is 11.8 Å². The Labute approximate surface area is 139 Å². The number of carbonyl (C=O) groups excluding carboxylic acids is 1. The molecule has 130 valence electrons. The average molecular weight is 321 g/mol. The van der Waals surface area contributed by atoms with Gasteiger partial charge in [-0.25, -0.2) is 0 Å². The van der Waals surface area contributed by atoms with Crippen LogP contribution in [0.25, 0.3) is 0 Å². The molecule has 5 heteroatoms. The lowest BCUT2D eigenvalue weighted by molar-refractivity contribution is -0.134. The molecular weight excluding hydrogens is 290 g/mol. The minimum atomic E-state index is 0.224. The Morgan fingerprint density at radius 2 is 1.96 bits per heavy atom. The van der Waals surface area contributed by atoms with E-state index in [2.05, 4.69) is 35.9 Å². The fourth-order valence-electron chi connectivity index (χ4n) is 3.24. The van der Waals surface area contributed by atoms with Crippen LogP contribution in [0.2, 0.25) is 0 Å². The first kappa shape index (κ1) is 18.0. The van der Waals surface area contributed by atoms with Crippen LogP contribution in [0.5, 0.6) is 0 Å². The molecule has 1 aromatic heterocycles. The van der Waals surface area contributed by atoms with E-state index in [0.29, 0.717) is 42.5 Å². The number of aromatic nitrogens is 2. The zero-order valence-corrected chi connectivity index (χ0v) is 15.2. The Bertz CT molecular complexity index is 510. The fraction of sp³-hybridized carbons (Fsp3) is 0.833. The number of nitrogens with zero attached hydrogens (tertiary/aromatic N) is 3. The molecule has 2 heterocycles. The molecule has 0 spiro atoms. The standard InChI is InChI=1S/C18H31N3O2/c1-12(2)15-7-6-14(5)10-11-21(15)17(22)9-8-16-19-20-18(23-16)13(3)4/h12-15H,6-11H2,1-5H3/t14-,15+/m1/s1. The molecule has 1 fully saturated rings. The molecule has 0 saturated carbocycles. The molecule has 2 rings (SSSR count). The summed E-state index contributed by atoms with van der Waals surface area (Å²) in [5.74, 6) is 2.88. The molecule has 0 unspecified atom stereocenters. The zero-order valence-electron chi connectivity index (χ0n) is 15.2. The topological polar surface area (TPSA) is 59.2 Å². The predicted molar refractivity (Wildman–Crippen MR) is 90.1 cm³/mol. The van der Waals surface area contributed by atoms with Crippen molar-refractivity contribution in [2.24, 2.45) is 11.8 Å². The van der Waals surface area contributed by atoms with Gasteiger partial charge in [0.2, 0.25) is 17.7 Å². The van der Waals surface area contributed by atoms with Gasteiger partial charge < -0.3 is 9.32 Å². The van der Waals surface area contributed by atoms with E-state index in [1.165, 1.54) is 6.42 Å². The van der Waals surface area contributed by atoms with Gasteiger partial charge in [-0.3, -0.25) is 4.79 Å². The van der Waals surface area contributed by atoms with Crippen LogP contribution in [0.1, 0.15) is 78.0 Å². The van der Waals surface area contributed by atoms with Crippen LogP contribution >= 0.6 is 0 Å². The average Bonchev–Trinajstić information content (AvgIpc) is 2.88. The molecule has 0 aliphatic carbocycles. The normalized spacial score (nSPS) is 22.7. The summed E-state index contributed by atoms with van der Waals surface area (Å²) in [5.41, 5.74) is 0. The number of hydrogen-bond acceptors (Lipinski definition) is 4. The van der Waals surface area contributed by atoms with Gasteiger partial charge in [-0.15, -0.1) is 10.2 Å². The molecule has 2 atom stereocenters. The largest absolute Gasteiger partial charge is 0.425 e. The van der Waals surface area contributed by atoms with Gasteiger partial charge in [-0.1, -0.05) is 34.6 Å². The quantitative estimate of drug-likeness (QED) is 0.827. The van der Waals surface area contributed by atoms with Crippen molar-refractivity contribution in [1.29, 1.82) is 0 Å². The fourth-order valence-corrected chi connectivity index (χ4v) is 3.24. The van der Waals surface area contributed by atoms with E-state index >= 15 is 0 Å². The second-order valence-electron chi connectivity index (χ2n) is 7.56. The van der Waals surface area contributed by atoms with Crippen molar-refractivity contribution in [1.82, 2.24) is 15.1 Å². The van der Waals surface area contributed by atoms with Gasteiger partial charge in [0.1, 0.15) is 0 Å². The van der Waals surface area contributed by atoms with Gasteiger partial charge in [-0.05, 0) is 31.1 Å².